The molecule has 0 radical (unpaired) electrons. The van der Waals surface area contributed by atoms with Gasteiger partial charge in [0.1, 0.15) is 6.10 Å². The van der Waals surface area contributed by atoms with Crippen LogP contribution in [0.15, 0.2) is 12.4 Å². The van der Waals surface area contributed by atoms with Crippen molar-refractivity contribution in [1.82, 2.24) is 14.7 Å². The third-order valence-electron chi connectivity index (χ3n) is 4.74. The quantitative estimate of drug-likeness (QED) is 0.789. The highest BCUT2D eigenvalue weighted by Crippen LogP contribution is 2.28. The number of carbonyl (C=O) groups is 2. The third kappa shape index (κ3) is 2.92. The van der Waals surface area contributed by atoms with E-state index in [-0.39, 0.29) is 29.8 Å². The van der Waals surface area contributed by atoms with E-state index in [2.05, 4.69) is 12.0 Å². The molecule has 0 aromatic carbocycles. The van der Waals surface area contributed by atoms with Gasteiger partial charge < -0.3 is 9.64 Å². The van der Waals surface area contributed by atoms with E-state index in [1.807, 2.05) is 4.90 Å². The summed E-state index contributed by atoms with van der Waals surface area (Å²) in [5.74, 6) is 0.382. The van der Waals surface area contributed by atoms with Crippen LogP contribution in [-0.4, -0.2) is 51.7 Å². The Bertz CT molecular complexity index is 569. The molecule has 1 aromatic heterocycles. The van der Waals surface area contributed by atoms with E-state index >= 15 is 0 Å². The van der Waals surface area contributed by atoms with Crippen LogP contribution < -0.4 is 0 Å². The maximum absolute atomic E-state index is 12.7. The van der Waals surface area contributed by atoms with Gasteiger partial charge in [0.15, 0.2) is 5.78 Å². The molecule has 2 aliphatic heterocycles. The van der Waals surface area contributed by atoms with Gasteiger partial charge in [-0.15, -0.1) is 0 Å². The minimum absolute atomic E-state index is 0.00314. The number of ketones is 1. The van der Waals surface area contributed by atoms with Crippen molar-refractivity contribution in [1.29, 1.82) is 0 Å². The number of hydrogen-bond donors (Lipinski definition) is 0. The number of ether oxygens (including phenoxy) is 1. The van der Waals surface area contributed by atoms with Crippen LogP contribution >= 0.6 is 0 Å². The number of rotatable bonds is 4. The fraction of sp³-hybridized carbons (Fsp3) is 0.688. The van der Waals surface area contributed by atoms with E-state index in [1.54, 1.807) is 24.1 Å². The normalized spacial score (nSPS) is 28.3. The highest BCUT2D eigenvalue weighted by Gasteiger charge is 2.39. The van der Waals surface area contributed by atoms with Crippen LogP contribution in [0.25, 0.3) is 0 Å². The second-order valence-electron chi connectivity index (χ2n) is 6.42. The molecule has 6 heteroatoms. The Kier molecular flexibility index (Phi) is 4.29. The van der Waals surface area contributed by atoms with E-state index in [0.29, 0.717) is 18.6 Å². The van der Waals surface area contributed by atoms with Crippen LogP contribution in [0.2, 0.25) is 0 Å². The Morgan fingerprint density at radius 3 is 2.86 bits per heavy atom. The van der Waals surface area contributed by atoms with Crippen molar-refractivity contribution in [3.63, 3.8) is 0 Å². The molecule has 0 aliphatic carbocycles. The Morgan fingerprint density at radius 1 is 1.41 bits per heavy atom. The van der Waals surface area contributed by atoms with Gasteiger partial charge in [-0.25, -0.2) is 0 Å². The maximum Gasteiger partial charge on any atom is 0.252 e. The summed E-state index contributed by atoms with van der Waals surface area (Å²) in [5, 5.41) is 4.03. The second kappa shape index (κ2) is 6.20. The zero-order chi connectivity index (χ0) is 15.7. The molecule has 22 heavy (non-hydrogen) atoms. The molecule has 6 nitrogen and oxygen atoms in total. The molecule has 3 rings (SSSR count). The molecule has 0 bridgehead atoms. The number of likely N-dealkylation sites (tertiary alicyclic amines) is 1. The summed E-state index contributed by atoms with van der Waals surface area (Å²) in [4.78, 5) is 26.9. The average Bonchev–Trinajstić information content (AvgIpc) is 3.19. The van der Waals surface area contributed by atoms with Gasteiger partial charge in [-0.05, 0) is 25.2 Å². The standard InChI is InChI=1S/C16H23N3O3/c1-11-5-7-22-15(11)16(21)19-6-3-4-13(19)8-14(20)12-9-17-18(2)10-12/h9-11,13,15H,3-8H2,1-2H3/t11-,13-,15-/m1/s1. The van der Waals surface area contributed by atoms with Crippen LogP contribution in [-0.2, 0) is 16.6 Å². The fourth-order valence-corrected chi connectivity index (χ4v) is 3.41. The van der Waals surface area contributed by atoms with Gasteiger partial charge in [0.05, 0.1) is 11.8 Å². The molecule has 2 fully saturated rings. The molecular formula is C16H23N3O3. The topological polar surface area (TPSA) is 64.4 Å². The predicted octanol–water partition coefficient (Wildman–Crippen LogP) is 1.41. The first-order chi connectivity index (χ1) is 10.6. The van der Waals surface area contributed by atoms with E-state index in [4.69, 9.17) is 4.74 Å². The Morgan fingerprint density at radius 2 is 2.23 bits per heavy atom. The first kappa shape index (κ1) is 15.2. The highest BCUT2D eigenvalue weighted by molar-refractivity contribution is 5.96. The number of nitrogens with zero attached hydrogens (tertiary/aromatic N) is 3. The lowest BCUT2D eigenvalue weighted by Crippen LogP contribution is -2.44. The van der Waals surface area contributed by atoms with Crippen LogP contribution in [0.3, 0.4) is 0 Å². The number of Topliss-reactive ketones (excluding diaryl/α,β-unsaturated/α-hetero) is 1. The van der Waals surface area contributed by atoms with Crippen molar-refractivity contribution in [2.24, 2.45) is 13.0 Å². The van der Waals surface area contributed by atoms with Gasteiger partial charge in [-0.3, -0.25) is 14.3 Å². The highest BCUT2D eigenvalue weighted by atomic mass is 16.5. The first-order valence-electron chi connectivity index (χ1n) is 8.00. The van der Waals surface area contributed by atoms with E-state index < -0.39 is 0 Å². The molecule has 1 amide bonds. The van der Waals surface area contributed by atoms with Crippen molar-refractivity contribution in [3.05, 3.63) is 18.0 Å². The summed E-state index contributed by atoms with van der Waals surface area (Å²) in [7, 11) is 1.79. The SMILES string of the molecule is C[C@@H]1CCO[C@H]1C(=O)N1CCC[C@@H]1CC(=O)c1cnn(C)c1. The van der Waals surface area contributed by atoms with Crippen molar-refractivity contribution >= 4 is 11.7 Å². The Balaban J connectivity index is 1.65. The Labute approximate surface area is 130 Å². The molecule has 0 saturated carbocycles. The largest absolute Gasteiger partial charge is 0.368 e. The molecule has 1 aromatic rings. The van der Waals surface area contributed by atoms with Gasteiger partial charge in [0, 0.05) is 38.9 Å². The number of hydrogen-bond acceptors (Lipinski definition) is 4. The van der Waals surface area contributed by atoms with E-state index in [9.17, 15) is 9.59 Å². The lowest BCUT2D eigenvalue weighted by molar-refractivity contribution is -0.143. The monoisotopic (exact) mass is 305 g/mol. The number of amides is 1. The average molecular weight is 305 g/mol. The van der Waals surface area contributed by atoms with Crippen molar-refractivity contribution in [2.75, 3.05) is 13.2 Å². The molecule has 3 atom stereocenters. The molecule has 0 N–H and O–H groups in total. The molecule has 2 aliphatic rings. The Hall–Kier alpha value is -1.69. The molecule has 3 heterocycles. The maximum atomic E-state index is 12.7. The van der Waals surface area contributed by atoms with Crippen molar-refractivity contribution in [2.45, 2.75) is 44.8 Å². The second-order valence-corrected chi connectivity index (χ2v) is 6.42. The minimum Gasteiger partial charge on any atom is -0.368 e. The molecule has 0 spiro atoms. The summed E-state index contributed by atoms with van der Waals surface area (Å²) < 4.78 is 7.22. The number of aryl methyl sites for hydroxylation is 1. The predicted molar refractivity (Wildman–Crippen MR) is 80.4 cm³/mol. The summed E-state index contributed by atoms with van der Waals surface area (Å²) >= 11 is 0. The van der Waals surface area contributed by atoms with Gasteiger partial charge in [-0.1, -0.05) is 6.92 Å². The smallest absolute Gasteiger partial charge is 0.252 e. The lowest BCUT2D eigenvalue weighted by atomic mass is 10.0. The van der Waals surface area contributed by atoms with Crippen LogP contribution in [0.1, 0.15) is 43.0 Å². The summed E-state index contributed by atoms with van der Waals surface area (Å²) in [6.07, 6.45) is 6.14. The van der Waals surface area contributed by atoms with Crippen molar-refractivity contribution < 1.29 is 14.3 Å². The molecule has 0 unspecified atom stereocenters. The zero-order valence-electron chi connectivity index (χ0n) is 13.2. The summed E-state index contributed by atoms with van der Waals surface area (Å²) in [6, 6.07) is -0.00314. The van der Waals surface area contributed by atoms with Gasteiger partial charge in [0.2, 0.25) is 0 Å². The minimum atomic E-state index is -0.325. The van der Waals surface area contributed by atoms with Gasteiger partial charge in [-0.2, -0.15) is 5.10 Å². The molecular weight excluding hydrogens is 282 g/mol. The van der Waals surface area contributed by atoms with Crippen LogP contribution in [0.5, 0.6) is 0 Å². The summed E-state index contributed by atoms with van der Waals surface area (Å²) in [6.45, 7) is 3.45. The van der Waals surface area contributed by atoms with E-state index in [1.165, 1.54) is 0 Å². The fourth-order valence-electron chi connectivity index (χ4n) is 3.41. The molecule has 120 valence electrons. The van der Waals surface area contributed by atoms with Crippen molar-refractivity contribution in [3.8, 4) is 0 Å². The number of carbonyl (C=O) groups excluding carboxylic acids is 2. The van der Waals surface area contributed by atoms with Gasteiger partial charge >= 0.3 is 0 Å². The summed E-state index contributed by atoms with van der Waals surface area (Å²) in [5.41, 5.74) is 0.618. The lowest BCUT2D eigenvalue weighted by Gasteiger charge is -2.28. The van der Waals surface area contributed by atoms with E-state index in [0.717, 1.165) is 25.8 Å². The number of aromatic nitrogens is 2. The van der Waals surface area contributed by atoms with Gasteiger partial charge in [0.25, 0.3) is 5.91 Å². The van der Waals surface area contributed by atoms with Crippen LogP contribution in [0, 0.1) is 5.92 Å². The third-order valence-corrected chi connectivity index (χ3v) is 4.74. The first-order valence-corrected chi connectivity index (χ1v) is 8.00. The molecule has 2 saturated heterocycles. The zero-order valence-corrected chi connectivity index (χ0v) is 13.2. The van der Waals surface area contributed by atoms with Crippen LogP contribution in [0.4, 0.5) is 0 Å².